The van der Waals surface area contributed by atoms with E-state index in [-0.39, 0.29) is 44.6 Å². The lowest BCUT2D eigenvalue weighted by Crippen LogP contribution is -0.856. The Balaban J connectivity index is -0.00000000167. The van der Waals surface area contributed by atoms with Crippen molar-refractivity contribution in [1.82, 2.24) is 0 Å². The molecule has 0 bridgehead atoms. The van der Waals surface area contributed by atoms with Gasteiger partial charge in [0, 0.05) is 0 Å². The fourth-order valence-corrected chi connectivity index (χ4v) is 0. The Kier molecular flexibility index (Phi) is 0. The highest BCUT2D eigenvalue weighted by atomic mass is 13.0. The molecule has 0 radical (unpaired) electrons. The number of hydrogen-bond donors (Lipinski definition) is 0. The van der Waals surface area contributed by atoms with Gasteiger partial charge < -0.3 is 0 Å². The Morgan fingerprint density at radius 3 is 0.214 bits per heavy atom. The van der Waals surface area contributed by atoms with Gasteiger partial charge in [-0.2, -0.15) is 0 Å². The van der Waals surface area contributed by atoms with Gasteiger partial charge in [-0.15, -0.1) is 0 Å². The summed E-state index contributed by atoms with van der Waals surface area (Å²) in [6.45, 7) is 16.0. The van der Waals surface area contributed by atoms with Crippen LogP contribution in [0.2, 0.25) is 0 Å². The lowest BCUT2D eigenvalue weighted by atomic mass is 11.0. The van der Waals surface area contributed by atoms with Crippen LogP contribution in [0.1, 0.15) is 99.9 Å². The van der Waals surface area contributed by atoms with E-state index < -0.39 is 0 Å². The summed E-state index contributed by atoms with van der Waals surface area (Å²) < 4.78 is 0. The molecule has 0 atom stereocenters. The molecule has 0 aliphatic carbocycles. The van der Waals surface area contributed by atoms with Gasteiger partial charge in [0.1, 0.15) is 0 Å². The molecular formula is C14H48. The van der Waals surface area contributed by atoms with Gasteiger partial charge in [0.2, 0.25) is 0 Å². The lowest BCUT2D eigenvalue weighted by Gasteiger charge is -1.07. The second kappa shape index (κ2) is 0. The summed E-state index contributed by atoms with van der Waals surface area (Å²) in [5.74, 6) is 0. The predicted octanol–water partition coefficient (Wildman–Crippen LogP) is 7.92. The van der Waals surface area contributed by atoms with Gasteiger partial charge in [-0.1, -0.05) is 99.9 Å². The average Bonchev–Trinajstić information content (AvgIpc) is 2.03. The van der Waals surface area contributed by atoms with Crippen molar-refractivity contribution in [2.24, 2.45) is 0 Å². The normalized spacial score (nSPS) is 1.71. The van der Waals surface area contributed by atoms with E-state index >= 15 is 0 Å². The molecular weight excluding hydrogens is 168 g/mol. The Morgan fingerprint density at radius 1 is 0.214 bits per heavy atom. The van der Waals surface area contributed by atoms with Crippen LogP contribution in [0.25, 0.3) is 0 Å². The summed E-state index contributed by atoms with van der Waals surface area (Å²) in [6.07, 6.45) is 0. The quantitative estimate of drug-likeness (QED) is 0.386. The smallest absolute Gasteiger partial charge is 0.0683 e. The van der Waals surface area contributed by atoms with Crippen LogP contribution in [0.15, 0.2) is 0 Å². The van der Waals surface area contributed by atoms with Crippen molar-refractivity contribution in [3.05, 3.63) is 0 Å². The summed E-state index contributed by atoms with van der Waals surface area (Å²) in [4.78, 5) is 0. The summed E-state index contributed by atoms with van der Waals surface area (Å²) in [5.41, 5.74) is 0. The van der Waals surface area contributed by atoms with E-state index in [0.29, 0.717) is 0 Å². The van der Waals surface area contributed by atoms with Crippen LogP contribution in [0.3, 0.4) is 0 Å². The Hall–Kier alpha value is 0. The molecule has 0 nitrogen and oxygen atoms in total. The SMILES string of the molecule is C.C.C.C.C.C.CC.CC.CC.CC. The molecule has 0 N–H and O–H groups in total. The van der Waals surface area contributed by atoms with Crippen molar-refractivity contribution in [3.63, 3.8) is 0 Å². The van der Waals surface area contributed by atoms with Gasteiger partial charge in [-0.3, -0.25) is 0 Å². The van der Waals surface area contributed by atoms with E-state index in [9.17, 15) is 0 Å². The fraction of sp³-hybridized carbons (Fsp3) is 1.00. The molecule has 0 aliphatic rings. The van der Waals surface area contributed by atoms with Crippen molar-refractivity contribution in [2.45, 2.75) is 99.9 Å². The van der Waals surface area contributed by atoms with Gasteiger partial charge in [0.15, 0.2) is 0 Å². The largest absolute Gasteiger partial charge is 0.0776 e. The van der Waals surface area contributed by atoms with E-state index in [1.807, 2.05) is 55.4 Å². The van der Waals surface area contributed by atoms with Gasteiger partial charge in [-0.25, -0.2) is 0 Å². The molecule has 0 heteroatoms. The maximum absolute atomic E-state index is 2.00. The van der Waals surface area contributed by atoms with E-state index in [4.69, 9.17) is 0 Å². The van der Waals surface area contributed by atoms with E-state index in [1.165, 1.54) is 0 Å². The summed E-state index contributed by atoms with van der Waals surface area (Å²) in [7, 11) is 0. The van der Waals surface area contributed by atoms with Crippen LogP contribution in [0, 0.1) is 0 Å². The zero-order valence-electron chi connectivity index (χ0n) is 8.00. The minimum Gasteiger partial charge on any atom is -0.0776 e. The topological polar surface area (TPSA) is 0 Å². The molecule has 0 amide bonds. The van der Waals surface area contributed by atoms with Crippen molar-refractivity contribution in [2.75, 3.05) is 0 Å². The van der Waals surface area contributed by atoms with Crippen LogP contribution in [0.5, 0.6) is 0 Å². The zero-order valence-corrected chi connectivity index (χ0v) is 8.00. The molecule has 0 aromatic heterocycles. The van der Waals surface area contributed by atoms with Crippen molar-refractivity contribution < 1.29 is 0 Å². The van der Waals surface area contributed by atoms with Crippen molar-refractivity contribution in [3.8, 4) is 0 Å². The van der Waals surface area contributed by atoms with Crippen LogP contribution in [-0.4, -0.2) is 0 Å². The highest BCUT2D eigenvalue weighted by Crippen LogP contribution is 1.15. The first-order valence-electron chi connectivity index (χ1n) is 4.00. The molecule has 0 aromatic rings. The summed E-state index contributed by atoms with van der Waals surface area (Å²) >= 11 is 0. The van der Waals surface area contributed by atoms with Crippen LogP contribution < -0.4 is 0 Å². The summed E-state index contributed by atoms with van der Waals surface area (Å²) in [6, 6.07) is 0. The maximum Gasteiger partial charge on any atom is -0.0683 e. The molecule has 104 valence electrons. The van der Waals surface area contributed by atoms with Crippen molar-refractivity contribution in [1.29, 1.82) is 0 Å². The molecule has 0 heterocycles. The third-order valence-corrected chi connectivity index (χ3v) is 0. The monoisotopic (exact) mass is 216 g/mol. The van der Waals surface area contributed by atoms with Crippen molar-refractivity contribution >= 4 is 0 Å². The van der Waals surface area contributed by atoms with Gasteiger partial charge in [0.05, 0.1) is 0 Å². The molecule has 0 spiro atoms. The minimum absolute atomic E-state index is 0. The van der Waals surface area contributed by atoms with Gasteiger partial charge in [0.25, 0.3) is 0 Å². The van der Waals surface area contributed by atoms with Crippen LogP contribution in [-0.2, 0) is 0 Å². The molecule has 0 unspecified atom stereocenters. The third kappa shape index (κ3) is 0. The Labute approximate surface area is 101 Å². The second-order valence-corrected chi connectivity index (χ2v) is 0. The highest BCUT2D eigenvalue weighted by Gasteiger charge is 0.938. The fourth-order valence-electron chi connectivity index (χ4n) is 0. The molecule has 0 fully saturated rings. The highest BCUT2D eigenvalue weighted by molar-refractivity contribution is 3.51. The standard InChI is InChI=1S/4C2H6.6CH4/c4*1-2;;;;;;/h4*1-2H3;6*1H4. The molecule has 0 saturated carbocycles. The zero-order chi connectivity index (χ0) is 8.00. The third-order valence-electron chi connectivity index (χ3n) is 0. The molecule has 0 saturated heterocycles. The van der Waals surface area contributed by atoms with Crippen LogP contribution >= 0.6 is 0 Å². The summed E-state index contributed by atoms with van der Waals surface area (Å²) in [5, 5.41) is 0. The van der Waals surface area contributed by atoms with E-state index in [2.05, 4.69) is 0 Å². The first kappa shape index (κ1) is 148. The molecule has 0 aromatic carbocycles. The Bertz CT molecular complexity index is 0. The lowest BCUT2D eigenvalue weighted by molar-refractivity contribution is 1.50. The minimum atomic E-state index is 0. The van der Waals surface area contributed by atoms with E-state index in [1.54, 1.807) is 0 Å². The Morgan fingerprint density at radius 2 is 0.214 bits per heavy atom. The van der Waals surface area contributed by atoms with Crippen LogP contribution in [0.4, 0.5) is 0 Å². The van der Waals surface area contributed by atoms with E-state index in [0.717, 1.165) is 0 Å². The first-order chi connectivity index (χ1) is 4.00. The first-order valence-corrected chi connectivity index (χ1v) is 4.00. The predicted molar refractivity (Wildman–Crippen MR) is 85.8 cm³/mol. The molecule has 14 heavy (non-hydrogen) atoms. The van der Waals surface area contributed by atoms with Gasteiger partial charge in [-0.05, 0) is 0 Å². The molecule has 0 rings (SSSR count). The maximum atomic E-state index is 2.00. The average molecular weight is 217 g/mol. The number of rotatable bonds is 0. The van der Waals surface area contributed by atoms with Gasteiger partial charge >= 0.3 is 0 Å². The number of hydrogen-bond acceptors (Lipinski definition) is 0. The molecule has 0 aliphatic heterocycles. The second-order valence-electron chi connectivity index (χ2n) is 0.